The smallest absolute Gasteiger partial charge is 0.224 e. The molecule has 1 amide bonds. The van der Waals surface area contributed by atoms with Crippen molar-refractivity contribution >= 4 is 5.91 Å². The molecule has 0 aliphatic carbocycles. The highest BCUT2D eigenvalue weighted by molar-refractivity contribution is 5.78. The van der Waals surface area contributed by atoms with Gasteiger partial charge in [-0.05, 0) is 24.6 Å². The lowest BCUT2D eigenvalue weighted by atomic mass is 10.1. The molecular weight excluding hydrogens is 212 g/mol. The van der Waals surface area contributed by atoms with Crippen LogP contribution in [0.2, 0.25) is 0 Å². The minimum Gasteiger partial charge on any atom is -0.352 e. The topological polar surface area (TPSA) is 52.9 Å². The number of benzene rings is 1. The first-order valence-corrected chi connectivity index (χ1v) is 5.37. The van der Waals surface area contributed by atoms with Gasteiger partial charge in [-0.1, -0.05) is 12.1 Å². The minimum atomic E-state index is -0.0579. The van der Waals surface area contributed by atoms with Crippen LogP contribution < -0.4 is 5.32 Å². The van der Waals surface area contributed by atoms with E-state index in [2.05, 4.69) is 11.2 Å². The van der Waals surface area contributed by atoms with Crippen molar-refractivity contribution in [3.8, 4) is 18.4 Å². The SMILES string of the molecule is C#CCC(C)NC(=O)Cc1ccc(C#N)cc1. The maximum atomic E-state index is 11.6. The third-order valence-electron chi connectivity index (χ3n) is 2.28. The first kappa shape index (κ1) is 12.8. The number of rotatable bonds is 4. The second-order valence-corrected chi connectivity index (χ2v) is 3.86. The van der Waals surface area contributed by atoms with Gasteiger partial charge in [0.25, 0.3) is 0 Å². The summed E-state index contributed by atoms with van der Waals surface area (Å²) in [7, 11) is 0. The normalized spacial score (nSPS) is 11.0. The fourth-order valence-corrected chi connectivity index (χ4v) is 1.44. The molecular formula is C14H14N2O. The summed E-state index contributed by atoms with van der Waals surface area (Å²) in [5.41, 5.74) is 1.48. The quantitative estimate of drug-likeness (QED) is 0.793. The lowest BCUT2D eigenvalue weighted by Crippen LogP contribution is -2.33. The monoisotopic (exact) mass is 226 g/mol. The molecule has 0 heterocycles. The third kappa shape index (κ3) is 4.40. The molecule has 3 heteroatoms. The molecule has 0 saturated carbocycles. The van der Waals surface area contributed by atoms with Gasteiger partial charge in [0.05, 0.1) is 18.1 Å². The summed E-state index contributed by atoms with van der Waals surface area (Å²) in [6.07, 6.45) is 5.99. The van der Waals surface area contributed by atoms with Crippen LogP contribution in [0.4, 0.5) is 0 Å². The van der Waals surface area contributed by atoms with E-state index in [0.717, 1.165) is 5.56 Å². The van der Waals surface area contributed by atoms with Crippen molar-refractivity contribution in [2.24, 2.45) is 0 Å². The number of carbonyl (C=O) groups is 1. The second-order valence-electron chi connectivity index (χ2n) is 3.86. The van der Waals surface area contributed by atoms with E-state index in [1.807, 2.05) is 13.0 Å². The van der Waals surface area contributed by atoms with Crippen LogP contribution in [0, 0.1) is 23.7 Å². The predicted octanol–water partition coefficient (Wildman–Crippen LogP) is 1.63. The maximum absolute atomic E-state index is 11.6. The van der Waals surface area contributed by atoms with Gasteiger partial charge in [-0.2, -0.15) is 5.26 Å². The summed E-state index contributed by atoms with van der Waals surface area (Å²) in [6.45, 7) is 1.87. The molecule has 1 aromatic rings. The Kier molecular flexibility index (Phi) is 4.78. The van der Waals surface area contributed by atoms with Crippen molar-refractivity contribution < 1.29 is 4.79 Å². The molecule has 17 heavy (non-hydrogen) atoms. The largest absolute Gasteiger partial charge is 0.352 e. The van der Waals surface area contributed by atoms with Gasteiger partial charge in [0.1, 0.15) is 0 Å². The summed E-state index contributed by atoms with van der Waals surface area (Å²) in [6, 6.07) is 8.99. The van der Waals surface area contributed by atoms with Gasteiger partial charge >= 0.3 is 0 Å². The third-order valence-corrected chi connectivity index (χ3v) is 2.28. The average Bonchev–Trinajstić information content (AvgIpc) is 2.30. The van der Waals surface area contributed by atoms with E-state index >= 15 is 0 Å². The molecule has 1 rings (SSSR count). The van der Waals surface area contributed by atoms with Crippen molar-refractivity contribution in [1.82, 2.24) is 5.32 Å². The minimum absolute atomic E-state index is 0.00844. The Morgan fingerprint density at radius 2 is 2.12 bits per heavy atom. The summed E-state index contributed by atoms with van der Waals surface area (Å²) in [4.78, 5) is 11.6. The maximum Gasteiger partial charge on any atom is 0.224 e. The van der Waals surface area contributed by atoms with E-state index in [1.54, 1.807) is 24.3 Å². The lowest BCUT2D eigenvalue weighted by molar-refractivity contribution is -0.121. The Morgan fingerprint density at radius 3 is 2.65 bits per heavy atom. The van der Waals surface area contributed by atoms with Crippen LogP contribution in [0.25, 0.3) is 0 Å². The van der Waals surface area contributed by atoms with E-state index in [4.69, 9.17) is 11.7 Å². The summed E-state index contributed by atoms with van der Waals surface area (Å²) < 4.78 is 0. The molecule has 0 aromatic heterocycles. The van der Waals surface area contributed by atoms with Gasteiger partial charge in [0, 0.05) is 12.5 Å². The van der Waals surface area contributed by atoms with E-state index in [-0.39, 0.29) is 11.9 Å². The van der Waals surface area contributed by atoms with Crippen molar-refractivity contribution in [2.75, 3.05) is 0 Å². The van der Waals surface area contributed by atoms with Gasteiger partial charge in [0.2, 0.25) is 5.91 Å². The fourth-order valence-electron chi connectivity index (χ4n) is 1.44. The van der Waals surface area contributed by atoms with Crippen molar-refractivity contribution in [1.29, 1.82) is 5.26 Å². The van der Waals surface area contributed by atoms with Gasteiger partial charge in [-0.3, -0.25) is 4.79 Å². The van der Waals surface area contributed by atoms with Gasteiger partial charge < -0.3 is 5.32 Å². The van der Waals surface area contributed by atoms with Crippen LogP contribution >= 0.6 is 0 Å². The van der Waals surface area contributed by atoms with E-state index < -0.39 is 0 Å². The standard InChI is InChI=1S/C14H14N2O/c1-3-4-11(2)16-14(17)9-12-5-7-13(10-15)8-6-12/h1,5-8,11H,4,9H2,2H3,(H,16,17). The van der Waals surface area contributed by atoms with Crippen LogP contribution in [0.1, 0.15) is 24.5 Å². The second kappa shape index (κ2) is 6.35. The lowest BCUT2D eigenvalue weighted by Gasteiger charge is -2.10. The van der Waals surface area contributed by atoms with Gasteiger partial charge in [-0.15, -0.1) is 12.3 Å². The molecule has 0 saturated heterocycles. The average molecular weight is 226 g/mol. The Bertz CT molecular complexity index is 462. The van der Waals surface area contributed by atoms with Crippen LogP contribution in [0.5, 0.6) is 0 Å². The van der Waals surface area contributed by atoms with Crippen LogP contribution in [-0.4, -0.2) is 11.9 Å². The molecule has 0 spiro atoms. The summed E-state index contributed by atoms with van der Waals surface area (Å²) >= 11 is 0. The molecule has 1 atom stereocenters. The predicted molar refractivity (Wildman–Crippen MR) is 65.9 cm³/mol. The molecule has 1 N–H and O–H groups in total. The molecule has 1 unspecified atom stereocenters. The first-order valence-electron chi connectivity index (χ1n) is 5.37. The number of nitrogens with one attached hydrogen (secondary N) is 1. The van der Waals surface area contributed by atoms with Crippen LogP contribution in [0.15, 0.2) is 24.3 Å². The molecule has 0 radical (unpaired) electrons. The Hall–Kier alpha value is -2.26. The molecule has 0 aliphatic heterocycles. The van der Waals surface area contributed by atoms with Crippen molar-refractivity contribution in [3.63, 3.8) is 0 Å². The summed E-state index contributed by atoms with van der Waals surface area (Å²) in [5, 5.41) is 11.5. The molecule has 86 valence electrons. The number of carbonyl (C=O) groups excluding carboxylic acids is 1. The number of nitriles is 1. The molecule has 3 nitrogen and oxygen atoms in total. The van der Waals surface area contributed by atoms with Gasteiger partial charge in [-0.25, -0.2) is 0 Å². The Balaban J connectivity index is 2.51. The zero-order chi connectivity index (χ0) is 12.7. The Labute approximate surface area is 101 Å². The van der Waals surface area contributed by atoms with Crippen LogP contribution in [-0.2, 0) is 11.2 Å². The molecule has 1 aromatic carbocycles. The highest BCUT2D eigenvalue weighted by Crippen LogP contribution is 2.04. The molecule has 0 fully saturated rings. The van der Waals surface area contributed by atoms with Crippen molar-refractivity contribution in [2.45, 2.75) is 25.8 Å². The Morgan fingerprint density at radius 1 is 1.47 bits per heavy atom. The zero-order valence-electron chi connectivity index (χ0n) is 9.73. The van der Waals surface area contributed by atoms with E-state index in [9.17, 15) is 4.79 Å². The number of hydrogen-bond acceptors (Lipinski definition) is 2. The fraction of sp³-hybridized carbons (Fsp3) is 0.286. The number of nitrogens with zero attached hydrogens (tertiary/aromatic N) is 1. The molecule has 0 bridgehead atoms. The summed E-state index contributed by atoms with van der Waals surface area (Å²) in [5.74, 6) is 2.44. The van der Waals surface area contributed by atoms with Crippen LogP contribution in [0.3, 0.4) is 0 Å². The highest BCUT2D eigenvalue weighted by atomic mass is 16.1. The van der Waals surface area contributed by atoms with E-state index in [1.165, 1.54) is 0 Å². The number of hydrogen-bond donors (Lipinski definition) is 1. The number of terminal acetylenes is 1. The highest BCUT2D eigenvalue weighted by Gasteiger charge is 2.06. The van der Waals surface area contributed by atoms with Gasteiger partial charge in [0.15, 0.2) is 0 Å². The first-order chi connectivity index (χ1) is 8.15. The zero-order valence-corrected chi connectivity index (χ0v) is 9.73. The molecule has 0 aliphatic rings. The van der Waals surface area contributed by atoms with Crippen molar-refractivity contribution in [3.05, 3.63) is 35.4 Å². The van der Waals surface area contributed by atoms with E-state index in [0.29, 0.717) is 18.4 Å². The number of amides is 1.